The number of hydrogen-bond acceptors (Lipinski definition) is 6. The fourth-order valence-corrected chi connectivity index (χ4v) is 3.16. The number of nitrogens with zero attached hydrogens (tertiary/aromatic N) is 3. The van der Waals surface area contributed by atoms with E-state index in [1.54, 1.807) is 6.07 Å². The molecule has 0 aliphatic heterocycles. The van der Waals surface area contributed by atoms with E-state index in [1.165, 1.54) is 36.8 Å². The number of pyridine rings is 1. The summed E-state index contributed by atoms with van der Waals surface area (Å²) in [7, 11) is 0. The van der Waals surface area contributed by atoms with E-state index in [0.717, 1.165) is 0 Å². The van der Waals surface area contributed by atoms with Crippen molar-refractivity contribution in [2.24, 2.45) is 0 Å². The zero-order chi connectivity index (χ0) is 20.5. The lowest BCUT2D eigenvalue weighted by molar-refractivity contribution is -0.136. The van der Waals surface area contributed by atoms with Crippen LogP contribution in [0.3, 0.4) is 0 Å². The van der Waals surface area contributed by atoms with Gasteiger partial charge in [0, 0.05) is 6.20 Å². The second kappa shape index (κ2) is 7.36. The van der Waals surface area contributed by atoms with Crippen LogP contribution in [0.1, 0.15) is 5.69 Å². The highest BCUT2D eigenvalue weighted by atomic mass is 35.5. The predicted molar refractivity (Wildman–Crippen MR) is 105 cm³/mol. The number of aromatic amines is 1. The second-order valence-electron chi connectivity index (χ2n) is 6.14. The molecule has 0 amide bonds. The van der Waals surface area contributed by atoms with Gasteiger partial charge in [0.05, 0.1) is 57.4 Å². The summed E-state index contributed by atoms with van der Waals surface area (Å²) in [6.07, 6.45) is 3.93. The van der Waals surface area contributed by atoms with E-state index in [2.05, 4.69) is 25.3 Å². The maximum absolute atomic E-state index is 14.4. The Hall–Kier alpha value is -3.72. The number of carboxylic acids is 1. The van der Waals surface area contributed by atoms with E-state index < -0.39 is 11.8 Å². The third-order valence-corrected chi connectivity index (χ3v) is 4.46. The first-order chi connectivity index (χ1) is 13.9. The lowest BCUT2D eigenvalue weighted by Crippen LogP contribution is -2.04. The summed E-state index contributed by atoms with van der Waals surface area (Å²) in [4.78, 5) is 26.0. The molecule has 4 N–H and O–H groups in total. The van der Waals surface area contributed by atoms with Gasteiger partial charge in [-0.3, -0.25) is 9.78 Å². The molecule has 0 spiro atoms. The molecule has 0 bridgehead atoms. The van der Waals surface area contributed by atoms with Crippen molar-refractivity contribution in [2.45, 2.75) is 6.42 Å². The maximum atomic E-state index is 14.4. The van der Waals surface area contributed by atoms with Crippen LogP contribution in [0.25, 0.3) is 22.2 Å². The van der Waals surface area contributed by atoms with Gasteiger partial charge in [-0.2, -0.15) is 0 Å². The first kappa shape index (κ1) is 18.6. The number of aromatic nitrogens is 4. The van der Waals surface area contributed by atoms with E-state index >= 15 is 0 Å². The monoisotopic (exact) mass is 413 g/mol. The quantitative estimate of drug-likeness (QED) is 0.391. The fourth-order valence-electron chi connectivity index (χ4n) is 2.90. The summed E-state index contributed by atoms with van der Waals surface area (Å²) in [5.74, 6) is -1.37. The van der Waals surface area contributed by atoms with Crippen molar-refractivity contribution in [3.63, 3.8) is 0 Å². The minimum Gasteiger partial charge on any atom is -0.494 e. The summed E-state index contributed by atoms with van der Waals surface area (Å²) in [5.41, 5.74) is 1.46. The van der Waals surface area contributed by atoms with Gasteiger partial charge in [0.2, 0.25) is 0 Å². The Kier molecular flexibility index (Phi) is 4.73. The summed E-state index contributed by atoms with van der Waals surface area (Å²) in [6, 6.07) is 5.86. The van der Waals surface area contributed by atoms with E-state index in [1.807, 2.05) is 0 Å². The molecule has 0 aliphatic carbocycles. The number of anilines is 2. The molecular formula is C19H13ClFN5O3. The molecular weight excluding hydrogens is 401 g/mol. The molecule has 0 atom stereocenters. The van der Waals surface area contributed by atoms with Crippen molar-refractivity contribution in [3.8, 4) is 17.1 Å². The van der Waals surface area contributed by atoms with Gasteiger partial charge < -0.3 is 20.5 Å². The van der Waals surface area contributed by atoms with Crippen molar-refractivity contribution in [1.29, 1.82) is 0 Å². The van der Waals surface area contributed by atoms with Crippen LogP contribution in [0, 0.1) is 5.82 Å². The van der Waals surface area contributed by atoms with Crippen LogP contribution >= 0.6 is 11.6 Å². The van der Waals surface area contributed by atoms with Gasteiger partial charge in [-0.15, -0.1) is 0 Å². The Morgan fingerprint density at radius 2 is 2.10 bits per heavy atom. The Bertz CT molecular complexity index is 1210. The van der Waals surface area contributed by atoms with Gasteiger partial charge in [0.25, 0.3) is 0 Å². The Balaban J connectivity index is 1.79. The highest BCUT2D eigenvalue weighted by molar-refractivity contribution is 6.33. The molecule has 0 saturated carbocycles. The molecule has 0 saturated heterocycles. The lowest BCUT2D eigenvalue weighted by atomic mass is 10.1. The summed E-state index contributed by atoms with van der Waals surface area (Å²) < 4.78 is 14.4. The first-order valence-electron chi connectivity index (χ1n) is 8.37. The minimum absolute atomic E-state index is 0.127. The lowest BCUT2D eigenvalue weighted by Gasteiger charge is -2.11. The van der Waals surface area contributed by atoms with Crippen molar-refractivity contribution < 1.29 is 19.4 Å². The van der Waals surface area contributed by atoms with Crippen molar-refractivity contribution in [3.05, 3.63) is 59.4 Å². The van der Waals surface area contributed by atoms with Crippen molar-refractivity contribution in [1.82, 2.24) is 19.9 Å². The summed E-state index contributed by atoms with van der Waals surface area (Å²) in [6.45, 7) is 0. The van der Waals surface area contributed by atoms with Crippen LogP contribution in [-0.2, 0) is 11.2 Å². The third-order valence-electron chi connectivity index (χ3n) is 4.15. The van der Waals surface area contributed by atoms with Crippen molar-refractivity contribution >= 4 is 40.0 Å². The highest BCUT2D eigenvalue weighted by Crippen LogP contribution is 2.37. The zero-order valence-electron chi connectivity index (χ0n) is 14.6. The number of halogens is 2. The molecule has 4 rings (SSSR count). The van der Waals surface area contributed by atoms with Crippen molar-refractivity contribution in [2.75, 3.05) is 5.32 Å². The maximum Gasteiger partial charge on any atom is 0.309 e. The van der Waals surface area contributed by atoms with Crippen LogP contribution < -0.4 is 5.32 Å². The summed E-state index contributed by atoms with van der Waals surface area (Å²) in [5, 5.41) is 22.5. The molecule has 10 heteroatoms. The van der Waals surface area contributed by atoms with Crippen LogP contribution in [0.5, 0.6) is 5.88 Å². The normalized spacial score (nSPS) is 11.0. The number of hydrogen-bond donors (Lipinski definition) is 4. The molecule has 146 valence electrons. The van der Waals surface area contributed by atoms with Crippen LogP contribution in [0.2, 0.25) is 5.02 Å². The SMILES string of the molecule is O=C(O)Cc1cnc(Nc2cc(-c3c(F)cccc3Cl)nc3c[nH]c(O)c23)cn1. The van der Waals surface area contributed by atoms with Gasteiger partial charge >= 0.3 is 5.97 Å². The standard InChI is InChI=1S/C19H13ClFN5O3/c20-10-2-1-3-11(21)17(10)12-5-13(18-14(25-12)7-24-19(18)29)26-15-8-22-9(6-23-15)4-16(27)28/h1-3,5-8,24,29H,4H2,(H,23,26)(H,27,28). The smallest absolute Gasteiger partial charge is 0.309 e. The average Bonchev–Trinajstić information content (AvgIpc) is 3.04. The van der Waals surface area contributed by atoms with Crippen LogP contribution in [0.4, 0.5) is 15.9 Å². The Morgan fingerprint density at radius 3 is 2.79 bits per heavy atom. The van der Waals surface area contributed by atoms with Crippen LogP contribution in [-0.4, -0.2) is 36.1 Å². The number of carbonyl (C=O) groups is 1. The number of rotatable bonds is 5. The largest absolute Gasteiger partial charge is 0.494 e. The van der Waals surface area contributed by atoms with Gasteiger partial charge in [-0.1, -0.05) is 17.7 Å². The molecule has 3 aromatic heterocycles. The first-order valence-corrected chi connectivity index (χ1v) is 8.75. The molecule has 8 nitrogen and oxygen atoms in total. The van der Waals surface area contributed by atoms with E-state index in [0.29, 0.717) is 28.1 Å². The Labute approximate surface area is 168 Å². The molecule has 0 fully saturated rings. The predicted octanol–water partition coefficient (Wildman–Crippen LogP) is 3.89. The number of fused-ring (bicyclic) bond motifs is 1. The van der Waals surface area contributed by atoms with Gasteiger partial charge in [0.15, 0.2) is 5.88 Å². The molecule has 4 aromatic rings. The second-order valence-corrected chi connectivity index (χ2v) is 6.54. The summed E-state index contributed by atoms with van der Waals surface area (Å²) >= 11 is 6.16. The van der Waals surface area contributed by atoms with E-state index in [-0.39, 0.29) is 28.6 Å². The van der Waals surface area contributed by atoms with Gasteiger partial charge in [0.1, 0.15) is 11.6 Å². The number of aromatic hydroxyl groups is 1. The van der Waals surface area contributed by atoms with Gasteiger partial charge in [-0.05, 0) is 18.2 Å². The molecule has 0 radical (unpaired) electrons. The minimum atomic E-state index is -1.01. The molecule has 0 aliphatic rings. The average molecular weight is 414 g/mol. The number of nitrogens with one attached hydrogen (secondary N) is 2. The Morgan fingerprint density at radius 1 is 1.28 bits per heavy atom. The van der Waals surface area contributed by atoms with Gasteiger partial charge in [-0.25, -0.2) is 14.4 Å². The zero-order valence-corrected chi connectivity index (χ0v) is 15.4. The number of H-pyrrole nitrogens is 1. The number of aliphatic carboxylic acids is 1. The highest BCUT2D eigenvalue weighted by Gasteiger charge is 2.17. The van der Waals surface area contributed by atoms with Crippen LogP contribution in [0.15, 0.2) is 42.9 Å². The third kappa shape index (κ3) is 3.67. The molecule has 0 unspecified atom stereocenters. The van der Waals surface area contributed by atoms with E-state index in [4.69, 9.17) is 16.7 Å². The van der Waals surface area contributed by atoms with E-state index in [9.17, 15) is 14.3 Å². The topological polar surface area (TPSA) is 124 Å². The molecule has 1 aromatic carbocycles. The number of carboxylic acid groups (broad SMARTS) is 1. The molecule has 3 heterocycles. The number of benzene rings is 1. The molecule has 29 heavy (non-hydrogen) atoms. The fraction of sp³-hybridized carbons (Fsp3) is 0.0526.